The second-order valence-corrected chi connectivity index (χ2v) is 5.69. The van der Waals surface area contributed by atoms with E-state index in [-0.39, 0.29) is 0 Å². The molecule has 0 saturated carbocycles. The summed E-state index contributed by atoms with van der Waals surface area (Å²) < 4.78 is 5.44. The molecule has 1 aliphatic rings. The van der Waals surface area contributed by atoms with Crippen molar-refractivity contribution in [2.45, 2.75) is 51.0 Å². The van der Waals surface area contributed by atoms with Gasteiger partial charge in [-0.2, -0.15) is 4.98 Å². The predicted molar refractivity (Wildman–Crippen MR) is 77.3 cm³/mol. The lowest BCUT2D eigenvalue weighted by Crippen LogP contribution is -2.35. The van der Waals surface area contributed by atoms with Crippen LogP contribution in [0.5, 0.6) is 0 Å². The van der Waals surface area contributed by atoms with Crippen molar-refractivity contribution in [3.63, 3.8) is 0 Å². The molecule has 0 fully saturated rings. The van der Waals surface area contributed by atoms with Gasteiger partial charge >= 0.3 is 0 Å². The molecule has 0 unspecified atom stereocenters. The first-order chi connectivity index (χ1) is 9.66. The predicted octanol–water partition coefficient (Wildman–Crippen LogP) is 2.93. The number of nitrogens with zero attached hydrogens (tertiary/aromatic N) is 2. The molecule has 1 aromatic heterocycles. The van der Waals surface area contributed by atoms with Crippen LogP contribution in [0, 0.1) is 0 Å². The quantitative estimate of drug-likeness (QED) is 0.928. The van der Waals surface area contributed by atoms with Crippen molar-refractivity contribution < 1.29 is 4.52 Å². The summed E-state index contributed by atoms with van der Waals surface area (Å²) in [4.78, 5) is 4.59. The van der Waals surface area contributed by atoms with Gasteiger partial charge in [0.25, 0.3) is 0 Å². The van der Waals surface area contributed by atoms with E-state index in [1.54, 1.807) is 0 Å². The minimum absolute atomic E-state index is 0.322. The number of nitrogens with two attached hydrogens (primary N) is 1. The maximum Gasteiger partial charge on any atom is 0.246 e. The molecular formula is C16H21N3O. The highest BCUT2D eigenvalue weighted by Crippen LogP contribution is 2.33. The molecule has 4 nitrogen and oxygen atoms in total. The van der Waals surface area contributed by atoms with Gasteiger partial charge in [-0.15, -0.1) is 0 Å². The third kappa shape index (κ3) is 2.14. The van der Waals surface area contributed by atoms with Crippen molar-refractivity contribution in [1.29, 1.82) is 0 Å². The first-order valence-corrected chi connectivity index (χ1v) is 7.36. The summed E-state index contributed by atoms with van der Waals surface area (Å²) in [6.45, 7) is 4.11. The fourth-order valence-electron chi connectivity index (χ4n) is 2.90. The van der Waals surface area contributed by atoms with Crippen LogP contribution in [-0.2, 0) is 18.4 Å². The summed E-state index contributed by atoms with van der Waals surface area (Å²) in [6, 6.07) is 8.53. The summed E-state index contributed by atoms with van der Waals surface area (Å²) in [5.41, 5.74) is 8.62. The van der Waals surface area contributed by atoms with E-state index < -0.39 is 5.54 Å². The molecule has 0 amide bonds. The van der Waals surface area contributed by atoms with Gasteiger partial charge in [0.2, 0.25) is 5.89 Å². The molecular weight excluding hydrogens is 250 g/mol. The third-order valence-electron chi connectivity index (χ3n) is 4.55. The molecule has 0 bridgehead atoms. The highest BCUT2D eigenvalue weighted by atomic mass is 16.5. The Morgan fingerprint density at radius 1 is 1.20 bits per heavy atom. The Hall–Kier alpha value is -1.68. The average molecular weight is 271 g/mol. The Labute approximate surface area is 119 Å². The minimum Gasteiger partial charge on any atom is -0.337 e. The average Bonchev–Trinajstić information content (AvgIpc) is 3.12. The second kappa shape index (κ2) is 5.02. The largest absolute Gasteiger partial charge is 0.337 e. The van der Waals surface area contributed by atoms with Crippen molar-refractivity contribution in [3.8, 4) is 0 Å². The highest BCUT2D eigenvalue weighted by molar-refractivity contribution is 5.34. The Morgan fingerprint density at radius 2 is 1.80 bits per heavy atom. The van der Waals surface area contributed by atoms with E-state index in [2.05, 4.69) is 48.3 Å². The minimum atomic E-state index is -0.489. The molecule has 4 heteroatoms. The van der Waals surface area contributed by atoms with Crippen molar-refractivity contribution >= 4 is 0 Å². The van der Waals surface area contributed by atoms with E-state index in [4.69, 9.17) is 10.3 Å². The van der Waals surface area contributed by atoms with Crippen LogP contribution in [0.3, 0.4) is 0 Å². The lowest BCUT2D eigenvalue weighted by molar-refractivity contribution is 0.266. The topological polar surface area (TPSA) is 64.9 Å². The second-order valence-electron chi connectivity index (χ2n) is 5.69. The summed E-state index contributed by atoms with van der Waals surface area (Å²) >= 11 is 0. The summed E-state index contributed by atoms with van der Waals surface area (Å²) in [7, 11) is 0. The molecule has 0 spiro atoms. The van der Waals surface area contributed by atoms with Crippen molar-refractivity contribution in [2.75, 3.05) is 0 Å². The molecule has 0 atom stereocenters. The smallest absolute Gasteiger partial charge is 0.246 e. The maximum absolute atomic E-state index is 6.32. The van der Waals surface area contributed by atoms with Crippen LogP contribution < -0.4 is 5.73 Å². The summed E-state index contributed by atoms with van der Waals surface area (Å²) in [5, 5.41) is 4.18. The summed E-state index contributed by atoms with van der Waals surface area (Å²) in [5.74, 6) is 1.70. The fourth-order valence-corrected chi connectivity index (χ4v) is 2.90. The Morgan fingerprint density at radius 3 is 2.35 bits per heavy atom. The molecule has 1 heterocycles. The van der Waals surface area contributed by atoms with Crippen LogP contribution in [0.2, 0.25) is 0 Å². The zero-order valence-corrected chi connectivity index (χ0v) is 12.1. The number of benzene rings is 1. The Kier molecular flexibility index (Phi) is 3.34. The Balaban J connectivity index is 1.83. The molecule has 1 aromatic carbocycles. The molecule has 2 N–H and O–H groups in total. The van der Waals surface area contributed by atoms with Gasteiger partial charge in [0, 0.05) is 5.92 Å². The molecule has 0 radical (unpaired) electrons. The van der Waals surface area contributed by atoms with Gasteiger partial charge in [0.15, 0.2) is 5.82 Å². The zero-order valence-electron chi connectivity index (χ0n) is 12.1. The summed E-state index contributed by atoms with van der Waals surface area (Å²) in [6.07, 6.45) is 3.59. The first-order valence-electron chi connectivity index (χ1n) is 7.36. The van der Waals surface area contributed by atoms with Crippen LogP contribution >= 0.6 is 0 Å². The SMILES string of the molecule is CCC(N)(CC)c1nc(C2Cc3ccccc3C2)no1. The van der Waals surface area contributed by atoms with E-state index in [9.17, 15) is 0 Å². The first kappa shape index (κ1) is 13.3. The normalized spacial score (nSPS) is 15.6. The van der Waals surface area contributed by atoms with Gasteiger partial charge in [-0.05, 0) is 36.8 Å². The van der Waals surface area contributed by atoms with Gasteiger partial charge in [0.1, 0.15) is 0 Å². The van der Waals surface area contributed by atoms with Crippen LogP contribution in [0.4, 0.5) is 0 Å². The van der Waals surface area contributed by atoms with E-state index >= 15 is 0 Å². The number of aromatic nitrogens is 2. The van der Waals surface area contributed by atoms with Crippen LogP contribution in [0.1, 0.15) is 55.4 Å². The fraction of sp³-hybridized carbons (Fsp3) is 0.500. The Bertz CT molecular complexity index is 576. The van der Waals surface area contributed by atoms with Gasteiger partial charge in [-0.3, -0.25) is 0 Å². The van der Waals surface area contributed by atoms with Crippen molar-refractivity contribution in [3.05, 3.63) is 47.1 Å². The van der Waals surface area contributed by atoms with Gasteiger partial charge < -0.3 is 10.3 Å². The van der Waals surface area contributed by atoms with E-state index in [0.717, 1.165) is 31.5 Å². The number of fused-ring (bicyclic) bond motifs is 1. The van der Waals surface area contributed by atoms with Gasteiger partial charge in [0.05, 0.1) is 5.54 Å². The van der Waals surface area contributed by atoms with E-state index in [1.807, 2.05) is 0 Å². The highest BCUT2D eigenvalue weighted by Gasteiger charge is 2.32. The molecule has 20 heavy (non-hydrogen) atoms. The molecule has 106 valence electrons. The van der Waals surface area contributed by atoms with Crippen LogP contribution in [-0.4, -0.2) is 10.1 Å². The monoisotopic (exact) mass is 271 g/mol. The van der Waals surface area contributed by atoms with Crippen molar-refractivity contribution in [2.24, 2.45) is 5.73 Å². The van der Waals surface area contributed by atoms with E-state index in [1.165, 1.54) is 11.1 Å². The standard InChI is InChI=1S/C16H21N3O/c1-3-16(17,4-2)15-18-14(19-20-15)13-9-11-7-5-6-8-12(11)10-13/h5-8,13H,3-4,9-10,17H2,1-2H3. The van der Waals surface area contributed by atoms with E-state index in [0.29, 0.717) is 11.8 Å². The molecule has 0 saturated heterocycles. The lowest BCUT2D eigenvalue weighted by atomic mass is 9.94. The lowest BCUT2D eigenvalue weighted by Gasteiger charge is -2.21. The number of hydrogen-bond acceptors (Lipinski definition) is 4. The van der Waals surface area contributed by atoms with Crippen LogP contribution in [0.15, 0.2) is 28.8 Å². The van der Waals surface area contributed by atoms with Crippen molar-refractivity contribution in [1.82, 2.24) is 10.1 Å². The maximum atomic E-state index is 6.32. The molecule has 1 aliphatic carbocycles. The molecule has 3 rings (SSSR count). The van der Waals surface area contributed by atoms with Crippen LogP contribution in [0.25, 0.3) is 0 Å². The molecule has 2 aromatic rings. The number of rotatable bonds is 4. The van der Waals surface area contributed by atoms with Gasteiger partial charge in [-0.1, -0.05) is 43.3 Å². The number of hydrogen-bond donors (Lipinski definition) is 1. The molecule has 0 aliphatic heterocycles. The third-order valence-corrected chi connectivity index (χ3v) is 4.55. The van der Waals surface area contributed by atoms with Gasteiger partial charge in [-0.25, -0.2) is 0 Å². The zero-order chi connectivity index (χ0) is 14.2.